The van der Waals surface area contributed by atoms with E-state index in [1.54, 1.807) is 13.0 Å². The van der Waals surface area contributed by atoms with Gasteiger partial charge in [0.25, 0.3) is 0 Å². The summed E-state index contributed by atoms with van der Waals surface area (Å²) in [6.07, 6.45) is -0.588. The van der Waals surface area contributed by atoms with Crippen molar-refractivity contribution in [3.05, 3.63) is 48.0 Å². The number of rotatable bonds is 3. The van der Waals surface area contributed by atoms with Crippen molar-refractivity contribution in [1.82, 2.24) is 10.3 Å². The number of carbonyl (C=O) groups is 1. The van der Waals surface area contributed by atoms with Crippen molar-refractivity contribution in [3.63, 3.8) is 0 Å². The summed E-state index contributed by atoms with van der Waals surface area (Å²) < 4.78 is 4.76. The van der Waals surface area contributed by atoms with Crippen molar-refractivity contribution in [3.8, 4) is 11.3 Å². The molecular formula is C16H17N3O2S. The smallest absolute Gasteiger partial charge is 0.413 e. The lowest BCUT2D eigenvalue weighted by Gasteiger charge is -2.10. The van der Waals surface area contributed by atoms with Gasteiger partial charge in [-0.2, -0.15) is 0 Å². The predicted molar refractivity (Wildman–Crippen MR) is 90.8 cm³/mol. The van der Waals surface area contributed by atoms with Gasteiger partial charge in [-0.05, 0) is 38.2 Å². The fourth-order valence-corrected chi connectivity index (χ4v) is 1.98. The van der Waals surface area contributed by atoms with E-state index >= 15 is 0 Å². The number of hydrogen-bond donors (Lipinski definition) is 2. The van der Waals surface area contributed by atoms with E-state index in [1.165, 1.54) is 5.56 Å². The lowest BCUT2D eigenvalue weighted by atomic mass is 10.1. The maximum absolute atomic E-state index is 11.3. The third-order valence-electron chi connectivity index (χ3n) is 2.83. The summed E-state index contributed by atoms with van der Waals surface area (Å²) in [5, 5.41) is 5.42. The van der Waals surface area contributed by atoms with Gasteiger partial charge in [-0.3, -0.25) is 5.32 Å². The van der Waals surface area contributed by atoms with Crippen LogP contribution in [0.25, 0.3) is 11.3 Å². The number of carbonyl (C=O) groups excluding carboxylic acids is 1. The zero-order valence-electron chi connectivity index (χ0n) is 12.4. The Morgan fingerprint density at radius 3 is 2.64 bits per heavy atom. The van der Waals surface area contributed by atoms with Gasteiger partial charge in [-0.15, -0.1) is 0 Å². The molecule has 1 aromatic carbocycles. The molecule has 0 bridgehead atoms. The van der Waals surface area contributed by atoms with Crippen molar-refractivity contribution >= 4 is 29.2 Å². The van der Waals surface area contributed by atoms with Crippen LogP contribution < -0.4 is 10.6 Å². The third-order valence-corrected chi connectivity index (χ3v) is 3.03. The van der Waals surface area contributed by atoms with Gasteiger partial charge in [0, 0.05) is 5.56 Å². The largest absolute Gasteiger partial charge is 0.450 e. The lowest BCUT2D eigenvalue weighted by molar-refractivity contribution is 0.158. The highest BCUT2D eigenvalue weighted by molar-refractivity contribution is 7.80. The molecule has 0 spiro atoms. The Bertz CT molecular complexity index is 671. The van der Waals surface area contributed by atoms with E-state index in [4.69, 9.17) is 17.0 Å². The molecule has 2 aromatic rings. The van der Waals surface area contributed by atoms with Crippen molar-refractivity contribution in [1.29, 1.82) is 0 Å². The van der Waals surface area contributed by atoms with Crippen molar-refractivity contribution < 1.29 is 9.53 Å². The molecular weight excluding hydrogens is 298 g/mol. The predicted octanol–water partition coefficient (Wildman–Crippen LogP) is 3.50. The Morgan fingerprint density at radius 1 is 1.23 bits per heavy atom. The number of amides is 1. The number of benzene rings is 1. The number of hydrogen-bond acceptors (Lipinski definition) is 4. The average Bonchev–Trinajstić information content (AvgIpc) is 2.48. The van der Waals surface area contributed by atoms with Crippen LogP contribution in [0.5, 0.6) is 0 Å². The van der Waals surface area contributed by atoms with Gasteiger partial charge in [0.1, 0.15) is 5.82 Å². The number of ether oxygens (including phenoxy) is 1. The van der Waals surface area contributed by atoms with Gasteiger partial charge in [0.2, 0.25) is 0 Å². The van der Waals surface area contributed by atoms with E-state index < -0.39 is 6.09 Å². The molecule has 0 aliphatic rings. The van der Waals surface area contributed by atoms with Crippen LogP contribution in [0.4, 0.5) is 10.6 Å². The molecule has 1 heterocycles. The Hall–Kier alpha value is -2.47. The van der Waals surface area contributed by atoms with Crippen LogP contribution >= 0.6 is 12.2 Å². The van der Waals surface area contributed by atoms with Crippen LogP contribution in [0.1, 0.15) is 12.5 Å². The van der Waals surface area contributed by atoms with E-state index in [0.717, 1.165) is 11.3 Å². The number of nitrogens with one attached hydrogen (secondary N) is 2. The summed E-state index contributed by atoms with van der Waals surface area (Å²) in [5.41, 5.74) is 3.03. The van der Waals surface area contributed by atoms with Gasteiger partial charge in [-0.25, -0.2) is 9.78 Å². The van der Waals surface area contributed by atoms with E-state index in [1.807, 2.05) is 43.3 Å². The summed E-state index contributed by atoms with van der Waals surface area (Å²) in [6, 6.07) is 13.6. The fourth-order valence-electron chi connectivity index (χ4n) is 1.80. The highest BCUT2D eigenvalue weighted by Gasteiger charge is 2.06. The first-order chi connectivity index (χ1) is 10.6. The minimum absolute atomic E-state index is 0.145. The number of pyridine rings is 1. The summed E-state index contributed by atoms with van der Waals surface area (Å²) in [4.78, 5) is 15.8. The summed E-state index contributed by atoms with van der Waals surface area (Å²) >= 11 is 5.04. The second kappa shape index (κ2) is 7.51. The molecule has 0 atom stereocenters. The van der Waals surface area contributed by atoms with Crippen LogP contribution in [0.15, 0.2) is 42.5 Å². The summed E-state index contributed by atoms with van der Waals surface area (Å²) in [7, 11) is 0. The zero-order valence-corrected chi connectivity index (χ0v) is 13.2. The van der Waals surface area contributed by atoms with Crippen LogP contribution in [0.2, 0.25) is 0 Å². The molecule has 0 unspecified atom stereocenters. The van der Waals surface area contributed by atoms with E-state index in [-0.39, 0.29) is 11.7 Å². The molecule has 5 nitrogen and oxygen atoms in total. The molecule has 6 heteroatoms. The Balaban J connectivity index is 2.07. The fraction of sp³-hybridized carbons (Fsp3) is 0.188. The van der Waals surface area contributed by atoms with Gasteiger partial charge in [0.05, 0.1) is 12.3 Å². The van der Waals surface area contributed by atoms with Crippen molar-refractivity contribution in [2.24, 2.45) is 0 Å². The molecule has 2 rings (SSSR count). The molecule has 1 amide bonds. The van der Waals surface area contributed by atoms with Crippen LogP contribution in [-0.2, 0) is 4.74 Å². The standard InChI is InChI=1S/C16H17N3O2S/c1-3-21-16(20)19-15(22)18-14-6-4-5-13(17-14)12-9-7-11(2)8-10-12/h4-10H,3H2,1-2H3,(H2,17,18,19,20,22). The first-order valence-electron chi connectivity index (χ1n) is 6.87. The van der Waals surface area contributed by atoms with Crippen LogP contribution in [-0.4, -0.2) is 22.8 Å². The molecule has 0 radical (unpaired) electrons. The van der Waals surface area contributed by atoms with Crippen LogP contribution in [0.3, 0.4) is 0 Å². The lowest BCUT2D eigenvalue weighted by Crippen LogP contribution is -2.34. The second-order valence-electron chi connectivity index (χ2n) is 4.57. The molecule has 0 saturated carbocycles. The number of thiocarbonyl (C=S) groups is 1. The van der Waals surface area contributed by atoms with Crippen LogP contribution in [0, 0.1) is 6.92 Å². The maximum Gasteiger partial charge on any atom is 0.413 e. The van der Waals surface area contributed by atoms with Gasteiger partial charge < -0.3 is 10.1 Å². The van der Waals surface area contributed by atoms with Gasteiger partial charge >= 0.3 is 6.09 Å². The molecule has 0 fully saturated rings. The van der Waals surface area contributed by atoms with E-state index in [2.05, 4.69) is 15.6 Å². The molecule has 0 aliphatic heterocycles. The van der Waals surface area contributed by atoms with Crippen molar-refractivity contribution in [2.45, 2.75) is 13.8 Å². The van der Waals surface area contributed by atoms with Gasteiger partial charge in [-0.1, -0.05) is 35.9 Å². The normalized spacial score (nSPS) is 9.91. The molecule has 22 heavy (non-hydrogen) atoms. The molecule has 1 aromatic heterocycles. The SMILES string of the molecule is CCOC(=O)NC(=S)Nc1cccc(-c2ccc(C)cc2)n1. The number of nitrogens with zero attached hydrogens (tertiary/aromatic N) is 1. The van der Waals surface area contributed by atoms with E-state index in [0.29, 0.717) is 5.82 Å². The Labute approximate surface area is 134 Å². The first-order valence-corrected chi connectivity index (χ1v) is 7.28. The highest BCUT2D eigenvalue weighted by Crippen LogP contribution is 2.19. The van der Waals surface area contributed by atoms with Crippen molar-refractivity contribution in [2.75, 3.05) is 11.9 Å². The van der Waals surface area contributed by atoms with Gasteiger partial charge in [0.15, 0.2) is 5.11 Å². The minimum Gasteiger partial charge on any atom is -0.450 e. The number of aromatic nitrogens is 1. The quantitative estimate of drug-likeness (QED) is 0.849. The Kier molecular flexibility index (Phi) is 5.43. The maximum atomic E-state index is 11.3. The third kappa shape index (κ3) is 4.53. The average molecular weight is 315 g/mol. The number of alkyl carbamates (subject to hydrolysis) is 1. The summed E-state index contributed by atoms with van der Waals surface area (Å²) in [5.74, 6) is 0.555. The molecule has 0 saturated heterocycles. The Morgan fingerprint density at radius 2 is 1.95 bits per heavy atom. The van der Waals surface area contributed by atoms with E-state index in [9.17, 15) is 4.79 Å². The monoisotopic (exact) mass is 315 g/mol. The number of anilines is 1. The molecule has 0 aliphatic carbocycles. The zero-order chi connectivity index (χ0) is 15.9. The first kappa shape index (κ1) is 15.9. The topological polar surface area (TPSA) is 63.2 Å². The molecule has 2 N–H and O–H groups in total. The second-order valence-corrected chi connectivity index (χ2v) is 4.98. The molecule has 114 valence electrons. The minimum atomic E-state index is -0.588. The number of aryl methyl sites for hydroxylation is 1. The highest BCUT2D eigenvalue weighted by atomic mass is 32.1. The summed E-state index contributed by atoms with van der Waals surface area (Å²) in [6.45, 7) is 4.05.